The zero-order chi connectivity index (χ0) is 12.6. The number of hydrogen-bond donors (Lipinski definition) is 1. The lowest BCUT2D eigenvalue weighted by Crippen LogP contribution is -1.99. The predicted molar refractivity (Wildman–Crippen MR) is 67.7 cm³/mol. The lowest BCUT2D eigenvalue weighted by Gasteiger charge is -2.12. The number of nitrogens with two attached hydrogens (primary N) is 1. The van der Waals surface area contributed by atoms with E-state index in [1.54, 1.807) is 6.07 Å². The first kappa shape index (κ1) is 11.6. The Hall–Kier alpha value is -1.90. The van der Waals surface area contributed by atoms with Gasteiger partial charge in [-0.15, -0.1) is 0 Å². The molecule has 0 aliphatic carbocycles. The number of aryl methyl sites for hydroxylation is 1. The molecule has 1 nitrogen and oxygen atoms in total. The first-order valence-electron chi connectivity index (χ1n) is 5.41. The van der Waals surface area contributed by atoms with Crippen molar-refractivity contribution in [1.29, 1.82) is 0 Å². The summed E-state index contributed by atoms with van der Waals surface area (Å²) in [7, 11) is 0. The summed E-state index contributed by atoms with van der Waals surface area (Å²) in [6.45, 7) is 5.39. The number of nitrogen functional groups attached to an aromatic ring is 1. The van der Waals surface area contributed by atoms with Crippen LogP contribution in [-0.2, 0) is 6.42 Å². The third-order valence-corrected chi connectivity index (χ3v) is 2.91. The Morgan fingerprint density at radius 3 is 2.65 bits per heavy atom. The Bertz CT molecular complexity index is 603. The van der Waals surface area contributed by atoms with Gasteiger partial charge in [0.15, 0.2) is 0 Å². The van der Waals surface area contributed by atoms with Crippen LogP contribution < -0.4 is 5.73 Å². The summed E-state index contributed by atoms with van der Waals surface area (Å²) in [6.07, 6.45) is 1.87. The molecule has 0 amide bonds. The molecule has 2 rings (SSSR count). The van der Waals surface area contributed by atoms with E-state index in [1.165, 1.54) is 18.2 Å². The largest absolute Gasteiger partial charge is 0.396 e. The van der Waals surface area contributed by atoms with E-state index < -0.39 is 11.6 Å². The van der Waals surface area contributed by atoms with Crippen LogP contribution in [0.3, 0.4) is 0 Å². The van der Waals surface area contributed by atoms with Crippen molar-refractivity contribution in [2.75, 3.05) is 5.73 Å². The third kappa shape index (κ3) is 1.68. The second kappa shape index (κ2) is 4.17. The van der Waals surface area contributed by atoms with Crippen LogP contribution in [-0.4, -0.2) is 0 Å². The summed E-state index contributed by atoms with van der Waals surface area (Å²) >= 11 is 0. The second-order valence-corrected chi connectivity index (χ2v) is 3.88. The van der Waals surface area contributed by atoms with Crippen LogP contribution in [0.15, 0.2) is 24.8 Å². The monoisotopic (exact) mass is 233 g/mol. The molecule has 17 heavy (non-hydrogen) atoms. The van der Waals surface area contributed by atoms with Gasteiger partial charge in [-0.2, -0.15) is 0 Å². The average Bonchev–Trinajstić information content (AvgIpc) is 2.32. The maximum absolute atomic E-state index is 13.9. The lowest BCUT2D eigenvalue weighted by atomic mass is 9.96. The molecule has 88 valence electrons. The minimum Gasteiger partial charge on any atom is -0.396 e. The standard InChI is InChI=1S/C14H13F2N/c1-3-9-11(15)6-5-8-7-12(17)14(16)10(4-2)13(8)9/h3,5-7H,1,4,17H2,2H3. The van der Waals surface area contributed by atoms with Crippen LogP contribution in [0.2, 0.25) is 0 Å². The topological polar surface area (TPSA) is 26.0 Å². The molecule has 0 atom stereocenters. The molecule has 2 aromatic rings. The van der Waals surface area contributed by atoms with Crippen LogP contribution in [0.4, 0.5) is 14.5 Å². The normalized spacial score (nSPS) is 10.8. The molecule has 0 fully saturated rings. The molecule has 0 bridgehead atoms. The Morgan fingerprint density at radius 2 is 2.06 bits per heavy atom. The van der Waals surface area contributed by atoms with Gasteiger partial charge in [-0.25, -0.2) is 8.78 Å². The highest BCUT2D eigenvalue weighted by Gasteiger charge is 2.14. The fourth-order valence-corrected chi connectivity index (χ4v) is 2.11. The molecule has 0 unspecified atom stereocenters. The van der Waals surface area contributed by atoms with E-state index in [9.17, 15) is 8.78 Å². The van der Waals surface area contributed by atoms with Gasteiger partial charge in [0.25, 0.3) is 0 Å². The van der Waals surface area contributed by atoms with Gasteiger partial charge in [0.1, 0.15) is 11.6 Å². The number of halogens is 2. The van der Waals surface area contributed by atoms with Gasteiger partial charge < -0.3 is 5.73 Å². The highest BCUT2D eigenvalue weighted by molar-refractivity contribution is 5.95. The minimum atomic E-state index is -0.464. The number of fused-ring (bicyclic) bond motifs is 1. The van der Waals surface area contributed by atoms with E-state index in [0.29, 0.717) is 22.9 Å². The number of rotatable bonds is 2. The minimum absolute atomic E-state index is 0.0935. The van der Waals surface area contributed by atoms with Crippen molar-refractivity contribution in [3.05, 3.63) is 47.5 Å². The molecule has 2 N–H and O–H groups in total. The summed E-state index contributed by atoms with van der Waals surface area (Å²) in [5.41, 5.74) is 6.46. The molecule has 0 heterocycles. The zero-order valence-corrected chi connectivity index (χ0v) is 9.56. The molecule has 0 aliphatic heterocycles. The summed E-state index contributed by atoms with van der Waals surface area (Å²) in [5.74, 6) is -0.861. The molecule has 0 saturated carbocycles. The van der Waals surface area contributed by atoms with Gasteiger partial charge in [-0.3, -0.25) is 0 Å². The van der Waals surface area contributed by atoms with Crippen LogP contribution in [0.5, 0.6) is 0 Å². The SMILES string of the molecule is C=Cc1c(F)ccc2cc(N)c(F)c(CC)c12. The molecule has 0 radical (unpaired) electrons. The van der Waals surface area contributed by atoms with Gasteiger partial charge in [0, 0.05) is 5.56 Å². The smallest absolute Gasteiger partial charge is 0.149 e. The first-order valence-corrected chi connectivity index (χ1v) is 5.41. The van der Waals surface area contributed by atoms with Crippen molar-refractivity contribution in [3.8, 4) is 0 Å². The zero-order valence-electron chi connectivity index (χ0n) is 9.56. The first-order chi connectivity index (χ1) is 8.10. The van der Waals surface area contributed by atoms with Gasteiger partial charge in [-0.05, 0) is 34.9 Å². The van der Waals surface area contributed by atoms with Crippen molar-refractivity contribution < 1.29 is 8.78 Å². The van der Waals surface area contributed by atoms with Crippen molar-refractivity contribution in [1.82, 2.24) is 0 Å². The number of benzene rings is 2. The van der Waals surface area contributed by atoms with Crippen LogP contribution in [0.1, 0.15) is 18.1 Å². The van der Waals surface area contributed by atoms with Crippen molar-refractivity contribution in [2.45, 2.75) is 13.3 Å². The van der Waals surface area contributed by atoms with Crippen LogP contribution >= 0.6 is 0 Å². The Labute approximate surface area is 98.6 Å². The lowest BCUT2D eigenvalue weighted by molar-refractivity contribution is 0.617. The maximum Gasteiger partial charge on any atom is 0.149 e. The fraction of sp³-hybridized carbons (Fsp3) is 0.143. The summed E-state index contributed by atoms with van der Waals surface area (Å²) in [5, 5.41) is 1.30. The molecule has 0 spiro atoms. The van der Waals surface area contributed by atoms with Crippen molar-refractivity contribution in [2.24, 2.45) is 0 Å². The summed E-state index contributed by atoms with van der Waals surface area (Å²) < 4.78 is 27.5. The van der Waals surface area contributed by atoms with Gasteiger partial charge in [-0.1, -0.05) is 25.6 Å². The third-order valence-electron chi connectivity index (χ3n) is 2.91. The van der Waals surface area contributed by atoms with Gasteiger partial charge >= 0.3 is 0 Å². The molecule has 0 aliphatic rings. The average molecular weight is 233 g/mol. The van der Waals surface area contributed by atoms with Crippen molar-refractivity contribution in [3.63, 3.8) is 0 Å². The molecular formula is C14H13F2N. The number of hydrogen-bond acceptors (Lipinski definition) is 1. The highest BCUT2D eigenvalue weighted by Crippen LogP contribution is 2.31. The van der Waals surface area contributed by atoms with Crippen LogP contribution in [0, 0.1) is 11.6 Å². The molecule has 0 aromatic heterocycles. The Morgan fingerprint density at radius 1 is 1.35 bits per heavy atom. The van der Waals surface area contributed by atoms with E-state index >= 15 is 0 Å². The molecule has 3 heteroatoms. The molecule has 0 saturated heterocycles. The Balaban J connectivity index is 3.02. The predicted octanol–water partition coefficient (Wildman–Crippen LogP) is 3.91. The maximum atomic E-state index is 13.9. The second-order valence-electron chi connectivity index (χ2n) is 3.88. The quantitative estimate of drug-likeness (QED) is 0.782. The van der Waals surface area contributed by atoms with E-state index in [0.717, 1.165) is 5.39 Å². The summed E-state index contributed by atoms with van der Waals surface area (Å²) in [4.78, 5) is 0. The van der Waals surface area contributed by atoms with Crippen molar-refractivity contribution >= 4 is 22.5 Å². The van der Waals surface area contributed by atoms with E-state index in [-0.39, 0.29) is 5.69 Å². The molecule has 2 aromatic carbocycles. The fourth-order valence-electron chi connectivity index (χ4n) is 2.11. The Kier molecular flexibility index (Phi) is 2.84. The van der Waals surface area contributed by atoms with E-state index in [2.05, 4.69) is 6.58 Å². The van der Waals surface area contributed by atoms with E-state index in [4.69, 9.17) is 5.73 Å². The summed E-state index contributed by atoms with van der Waals surface area (Å²) in [6, 6.07) is 4.47. The van der Waals surface area contributed by atoms with E-state index in [1.807, 2.05) is 6.92 Å². The van der Waals surface area contributed by atoms with Crippen LogP contribution in [0.25, 0.3) is 16.8 Å². The number of anilines is 1. The molecular weight excluding hydrogens is 220 g/mol. The highest BCUT2D eigenvalue weighted by atomic mass is 19.1. The van der Waals surface area contributed by atoms with Gasteiger partial charge in [0.05, 0.1) is 5.69 Å². The van der Waals surface area contributed by atoms with Gasteiger partial charge in [0.2, 0.25) is 0 Å².